The van der Waals surface area contributed by atoms with Crippen LogP contribution in [0.2, 0.25) is 5.02 Å². The summed E-state index contributed by atoms with van der Waals surface area (Å²) in [6, 6.07) is 16.7. The largest absolute Gasteiger partial charge is 0.455 e. The highest BCUT2D eigenvalue weighted by atomic mass is 35.5. The van der Waals surface area contributed by atoms with E-state index in [2.05, 4.69) is 10.2 Å². The molecule has 3 aromatic rings. The van der Waals surface area contributed by atoms with E-state index in [1.807, 2.05) is 42.5 Å². The maximum atomic E-state index is 12.1. The quantitative estimate of drug-likeness (QED) is 0.463. The van der Waals surface area contributed by atoms with Gasteiger partial charge in [0.25, 0.3) is 5.89 Å². The summed E-state index contributed by atoms with van der Waals surface area (Å²) in [5, 5.41) is 8.16. The number of rotatable bonds is 6. The van der Waals surface area contributed by atoms with Crippen LogP contribution < -0.4 is 0 Å². The highest BCUT2D eigenvalue weighted by molar-refractivity contribution is 8.00. The Bertz CT molecular complexity index is 837. The molecule has 1 heterocycles. The lowest BCUT2D eigenvalue weighted by Crippen LogP contribution is -2.16. The zero-order valence-corrected chi connectivity index (χ0v) is 15.0. The lowest BCUT2D eigenvalue weighted by atomic mass is 10.2. The molecule has 0 radical (unpaired) electrons. The maximum absolute atomic E-state index is 12.1. The van der Waals surface area contributed by atoms with E-state index in [1.54, 1.807) is 19.1 Å². The third-order valence-electron chi connectivity index (χ3n) is 3.28. The van der Waals surface area contributed by atoms with Gasteiger partial charge in [-0.3, -0.25) is 4.79 Å². The van der Waals surface area contributed by atoms with Crippen molar-refractivity contribution in [2.24, 2.45) is 0 Å². The van der Waals surface area contributed by atoms with Crippen LogP contribution in [0.5, 0.6) is 0 Å². The van der Waals surface area contributed by atoms with Crippen LogP contribution in [0.3, 0.4) is 0 Å². The summed E-state index contributed by atoms with van der Waals surface area (Å²) in [5.74, 6) is 0.311. The first-order valence-corrected chi connectivity index (χ1v) is 8.84. The summed E-state index contributed by atoms with van der Waals surface area (Å²) in [5.41, 5.74) is 0.819. The van der Waals surface area contributed by atoms with Crippen molar-refractivity contribution in [2.75, 3.05) is 0 Å². The predicted molar refractivity (Wildman–Crippen MR) is 96.3 cm³/mol. The predicted octanol–water partition coefficient (Wildman–Crippen LogP) is 4.61. The summed E-state index contributed by atoms with van der Waals surface area (Å²) in [4.78, 5) is 13.0. The molecule has 0 saturated heterocycles. The topological polar surface area (TPSA) is 65.2 Å². The van der Waals surface area contributed by atoms with E-state index in [-0.39, 0.29) is 23.7 Å². The Hall–Kier alpha value is -2.31. The Morgan fingerprint density at radius 1 is 1.16 bits per heavy atom. The number of carbonyl (C=O) groups excluding carboxylic acids is 1. The minimum absolute atomic E-state index is 0.0514. The van der Waals surface area contributed by atoms with Crippen molar-refractivity contribution >= 4 is 29.3 Å². The van der Waals surface area contributed by atoms with Gasteiger partial charge in [0.05, 0.1) is 0 Å². The molecule has 1 aromatic heterocycles. The number of nitrogens with zero attached hydrogens (tertiary/aromatic N) is 2. The van der Waals surface area contributed by atoms with Crippen LogP contribution in [0.4, 0.5) is 0 Å². The molecule has 1 atom stereocenters. The molecular weight excluding hydrogens is 360 g/mol. The van der Waals surface area contributed by atoms with Crippen LogP contribution in [0.25, 0.3) is 11.5 Å². The van der Waals surface area contributed by atoms with Gasteiger partial charge in [-0.1, -0.05) is 29.8 Å². The number of hydrogen-bond acceptors (Lipinski definition) is 6. The minimum Gasteiger partial charge on any atom is -0.455 e. The highest BCUT2D eigenvalue weighted by Crippen LogP contribution is 2.25. The normalized spacial score (nSPS) is 11.9. The molecule has 0 aliphatic rings. The Kier molecular flexibility index (Phi) is 5.73. The SMILES string of the molecule is C[C@H](Sc1ccc(Cl)cc1)C(=O)OCc1nnc(-c2ccccc2)o1. The number of halogens is 1. The van der Waals surface area contributed by atoms with E-state index in [0.717, 1.165) is 10.5 Å². The second kappa shape index (κ2) is 8.18. The van der Waals surface area contributed by atoms with Crippen molar-refractivity contribution in [3.8, 4) is 11.5 Å². The summed E-state index contributed by atoms with van der Waals surface area (Å²) >= 11 is 7.25. The van der Waals surface area contributed by atoms with E-state index in [0.29, 0.717) is 10.9 Å². The molecule has 0 bridgehead atoms. The molecule has 5 nitrogen and oxygen atoms in total. The molecule has 2 aromatic carbocycles. The number of hydrogen-bond donors (Lipinski definition) is 0. The first kappa shape index (κ1) is 17.5. The molecule has 0 fully saturated rings. The monoisotopic (exact) mass is 374 g/mol. The molecule has 3 rings (SSSR count). The van der Waals surface area contributed by atoms with E-state index >= 15 is 0 Å². The molecular formula is C18H15ClN2O3S. The van der Waals surface area contributed by atoms with Crippen molar-refractivity contribution in [3.05, 3.63) is 65.5 Å². The first-order valence-electron chi connectivity index (χ1n) is 7.58. The second-order valence-corrected chi connectivity index (χ2v) is 7.04. The fourth-order valence-corrected chi connectivity index (χ4v) is 3.02. The zero-order valence-electron chi connectivity index (χ0n) is 13.4. The number of thioether (sulfide) groups is 1. The van der Waals surface area contributed by atoms with Gasteiger partial charge in [0.2, 0.25) is 5.89 Å². The molecule has 0 amide bonds. The lowest BCUT2D eigenvalue weighted by molar-refractivity contribution is -0.144. The Labute approximate surface area is 154 Å². The summed E-state index contributed by atoms with van der Waals surface area (Å²) in [7, 11) is 0. The van der Waals surface area contributed by atoms with Gasteiger partial charge < -0.3 is 9.15 Å². The Morgan fingerprint density at radius 3 is 2.60 bits per heavy atom. The molecule has 0 saturated carbocycles. The molecule has 128 valence electrons. The number of benzene rings is 2. The van der Waals surface area contributed by atoms with Gasteiger partial charge in [-0.25, -0.2) is 0 Å². The summed E-state index contributed by atoms with van der Waals surface area (Å²) < 4.78 is 10.8. The van der Waals surface area contributed by atoms with E-state index in [9.17, 15) is 4.79 Å². The third-order valence-corrected chi connectivity index (χ3v) is 4.63. The lowest BCUT2D eigenvalue weighted by Gasteiger charge is -2.10. The van der Waals surface area contributed by atoms with Crippen molar-refractivity contribution < 1.29 is 13.9 Å². The van der Waals surface area contributed by atoms with Gasteiger partial charge in [-0.05, 0) is 43.3 Å². The molecule has 0 N–H and O–H groups in total. The van der Waals surface area contributed by atoms with Gasteiger partial charge in [0.15, 0.2) is 6.61 Å². The highest BCUT2D eigenvalue weighted by Gasteiger charge is 2.18. The van der Waals surface area contributed by atoms with Crippen molar-refractivity contribution in [1.29, 1.82) is 0 Å². The standard InChI is InChI=1S/C18H15ClN2O3S/c1-12(25-15-9-7-14(19)8-10-15)18(22)23-11-16-20-21-17(24-16)13-5-3-2-4-6-13/h2-10,12H,11H2,1H3/t12-/m0/s1. The van der Waals surface area contributed by atoms with Crippen LogP contribution in [-0.2, 0) is 16.1 Å². The second-order valence-electron chi connectivity index (χ2n) is 5.19. The number of aromatic nitrogens is 2. The molecule has 25 heavy (non-hydrogen) atoms. The van der Waals surface area contributed by atoms with Crippen LogP contribution >= 0.6 is 23.4 Å². The van der Waals surface area contributed by atoms with Crippen LogP contribution in [0, 0.1) is 0 Å². The minimum atomic E-state index is -0.363. The third kappa shape index (κ3) is 4.84. The van der Waals surface area contributed by atoms with Crippen molar-refractivity contribution in [2.45, 2.75) is 23.7 Å². The van der Waals surface area contributed by atoms with Gasteiger partial charge in [0.1, 0.15) is 5.25 Å². The zero-order chi connectivity index (χ0) is 17.6. The molecule has 7 heteroatoms. The first-order chi connectivity index (χ1) is 12.1. The van der Waals surface area contributed by atoms with Crippen LogP contribution in [0.1, 0.15) is 12.8 Å². The fraction of sp³-hybridized carbons (Fsp3) is 0.167. The molecule has 0 aliphatic carbocycles. The van der Waals surface area contributed by atoms with Crippen molar-refractivity contribution in [3.63, 3.8) is 0 Å². The van der Waals surface area contributed by atoms with Gasteiger partial charge in [-0.15, -0.1) is 22.0 Å². The Balaban J connectivity index is 1.53. The average Bonchev–Trinajstić information content (AvgIpc) is 3.11. The molecule has 0 unspecified atom stereocenters. The molecule has 0 aliphatic heterocycles. The van der Waals surface area contributed by atoms with Crippen LogP contribution in [0.15, 0.2) is 63.9 Å². The van der Waals surface area contributed by atoms with E-state index < -0.39 is 0 Å². The smallest absolute Gasteiger partial charge is 0.319 e. The van der Waals surface area contributed by atoms with Crippen LogP contribution in [-0.4, -0.2) is 21.4 Å². The van der Waals surface area contributed by atoms with Gasteiger partial charge in [0, 0.05) is 15.5 Å². The fourth-order valence-electron chi connectivity index (χ4n) is 2.02. The molecule has 0 spiro atoms. The maximum Gasteiger partial charge on any atom is 0.319 e. The van der Waals surface area contributed by atoms with Gasteiger partial charge in [-0.2, -0.15) is 0 Å². The Morgan fingerprint density at radius 2 is 1.88 bits per heavy atom. The van der Waals surface area contributed by atoms with Gasteiger partial charge >= 0.3 is 5.97 Å². The summed E-state index contributed by atoms with van der Waals surface area (Å²) in [6.45, 7) is 1.73. The number of ether oxygens (including phenoxy) is 1. The van der Waals surface area contributed by atoms with E-state index in [4.69, 9.17) is 20.8 Å². The summed E-state index contributed by atoms with van der Waals surface area (Å²) in [6.07, 6.45) is 0. The van der Waals surface area contributed by atoms with Crippen molar-refractivity contribution in [1.82, 2.24) is 10.2 Å². The number of carbonyl (C=O) groups is 1. The number of esters is 1. The average molecular weight is 375 g/mol. The van der Waals surface area contributed by atoms with E-state index in [1.165, 1.54) is 11.8 Å².